The van der Waals surface area contributed by atoms with E-state index in [1.165, 1.54) is 0 Å². The van der Waals surface area contributed by atoms with E-state index in [1.807, 2.05) is 13.0 Å². The highest BCUT2D eigenvalue weighted by Crippen LogP contribution is 2.20. The maximum Gasteiger partial charge on any atom is 0.256 e. The van der Waals surface area contributed by atoms with Crippen molar-refractivity contribution in [3.8, 4) is 0 Å². The molecule has 84 valence electrons. The second kappa shape index (κ2) is 3.63. The highest BCUT2D eigenvalue weighted by Gasteiger charge is 2.28. The first-order valence-corrected chi connectivity index (χ1v) is 5.13. The van der Waals surface area contributed by atoms with Gasteiger partial charge in [0, 0.05) is 14.1 Å². The molecule has 2 rings (SSSR count). The molecule has 0 aliphatic carbocycles. The highest BCUT2D eigenvalue weighted by atomic mass is 16.2. The van der Waals surface area contributed by atoms with E-state index in [-0.39, 0.29) is 11.8 Å². The van der Waals surface area contributed by atoms with Crippen LogP contribution in [0.1, 0.15) is 26.3 Å². The maximum absolute atomic E-state index is 12.1. The lowest BCUT2D eigenvalue weighted by molar-refractivity contribution is 0.0652. The molecule has 4 heteroatoms. The first-order chi connectivity index (χ1) is 7.52. The molecule has 0 saturated carbocycles. The third kappa shape index (κ3) is 1.46. The second-order valence-electron chi connectivity index (χ2n) is 4.15. The van der Waals surface area contributed by atoms with Crippen LogP contribution in [0.15, 0.2) is 18.2 Å². The van der Waals surface area contributed by atoms with Crippen LogP contribution >= 0.6 is 0 Å². The first-order valence-electron chi connectivity index (χ1n) is 5.13. The predicted molar refractivity (Wildman–Crippen MR) is 60.2 cm³/mol. The zero-order valence-electron chi connectivity index (χ0n) is 9.65. The van der Waals surface area contributed by atoms with Gasteiger partial charge in [0.1, 0.15) is 0 Å². The zero-order valence-corrected chi connectivity index (χ0v) is 9.65. The molecule has 0 unspecified atom stereocenters. The standard InChI is InChI=1S/C12H14N2O2/c1-8-5-4-6-9-10(8)12(16)14(3)7-13(2)11(9)15/h4-6H,7H2,1-3H3. The topological polar surface area (TPSA) is 40.6 Å². The van der Waals surface area contributed by atoms with E-state index in [4.69, 9.17) is 0 Å². The summed E-state index contributed by atoms with van der Waals surface area (Å²) in [6.07, 6.45) is 0. The van der Waals surface area contributed by atoms with Crippen LogP contribution in [-0.2, 0) is 0 Å². The van der Waals surface area contributed by atoms with E-state index in [0.29, 0.717) is 17.8 Å². The average Bonchev–Trinajstić information content (AvgIpc) is 2.32. The Bertz CT molecular complexity index is 468. The molecule has 1 aliphatic rings. The van der Waals surface area contributed by atoms with Gasteiger partial charge < -0.3 is 9.80 Å². The number of hydrogen-bond acceptors (Lipinski definition) is 2. The lowest BCUT2D eigenvalue weighted by atomic mass is 10.0. The summed E-state index contributed by atoms with van der Waals surface area (Å²) < 4.78 is 0. The molecule has 0 N–H and O–H groups in total. The van der Waals surface area contributed by atoms with Crippen LogP contribution in [0.5, 0.6) is 0 Å². The Morgan fingerprint density at radius 1 is 1.06 bits per heavy atom. The Hall–Kier alpha value is -1.84. The summed E-state index contributed by atoms with van der Waals surface area (Å²) in [6.45, 7) is 2.18. The third-order valence-electron chi connectivity index (χ3n) is 2.83. The first kappa shape index (κ1) is 10.7. The van der Waals surface area contributed by atoms with Gasteiger partial charge in [-0.25, -0.2) is 0 Å². The normalized spacial score (nSPS) is 16.2. The minimum Gasteiger partial charge on any atom is -0.324 e. The van der Waals surface area contributed by atoms with E-state index in [9.17, 15) is 9.59 Å². The van der Waals surface area contributed by atoms with Gasteiger partial charge in [-0.3, -0.25) is 9.59 Å². The summed E-state index contributed by atoms with van der Waals surface area (Å²) in [5, 5.41) is 0. The van der Waals surface area contributed by atoms with Gasteiger partial charge in [0.25, 0.3) is 11.8 Å². The van der Waals surface area contributed by atoms with Gasteiger partial charge in [-0.05, 0) is 18.6 Å². The van der Waals surface area contributed by atoms with Crippen molar-refractivity contribution in [2.45, 2.75) is 6.92 Å². The van der Waals surface area contributed by atoms with E-state index in [2.05, 4.69) is 0 Å². The van der Waals surface area contributed by atoms with Crippen LogP contribution in [-0.4, -0.2) is 42.4 Å². The number of rotatable bonds is 0. The summed E-state index contributed by atoms with van der Waals surface area (Å²) in [5.74, 6) is -0.192. The van der Waals surface area contributed by atoms with Crippen molar-refractivity contribution < 1.29 is 9.59 Å². The van der Waals surface area contributed by atoms with Gasteiger partial charge in [0.05, 0.1) is 17.8 Å². The number of nitrogens with zero attached hydrogens (tertiary/aromatic N) is 2. The Kier molecular flexibility index (Phi) is 2.42. The molecular formula is C12H14N2O2. The van der Waals surface area contributed by atoms with Crippen molar-refractivity contribution in [1.29, 1.82) is 0 Å². The summed E-state index contributed by atoms with van der Waals surface area (Å²) in [7, 11) is 3.40. The van der Waals surface area contributed by atoms with Gasteiger partial charge in [-0.1, -0.05) is 12.1 Å². The lowest BCUT2D eigenvalue weighted by Gasteiger charge is -2.20. The number of carbonyl (C=O) groups excluding carboxylic acids is 2. The van der Waals surface area contributed by atoms with Crippen molar-refractivity contribution in [3.05, 3.63) is 34.9 Å². The molecule has 0 bridgehead atoms. The van der Waals surface area contributed by atoms with Crippen LogP contribution in [0.3, 0.4) is 0 Å². The summed E-state index contributed by atoms with van der Waals surface area (Å²) >= 11 is 0. The predicted octanol–water partition coefficient (Wildman–Crippen LogP) is 1.11. The van der Waals surface area contributed by atoms with Crippen LogP contribution in [0.25, 0.3) is 0 Å². The molecular weight excluding hydrogens is 204 g/mol. The van der Waals surface area contributed by atoms with E-state index < -0.39 is 0 Å². The van der Waals surface area contributed by atoms with Crippen LogP contribution in [0.2, 0.25) is 0 Å². The fraction of sp³-hybridized carbons (Fsp3) is 0.333. The zero-order chi connectivity index (χ0) is 11.9. The van der Waals surface area contributed by atoms with Crippen LogP contribution < -0.4 is 0 Å². The van der Waals surface area contributed by atoms with Gasteiger partial charge >= 0.3 is 0 Å². The summed E-state index contributed by atoms with van der Waals surface area (Å²) in [4.78, 5) is 27.2. The molecule has 0 radical (unpaired) electrons. The number of hydrogen-bond donors (Lipinski definition) is 0. The van der Waals surface area contributed by atoms with Gasteiger partial charge in [0.2, 0.25) is 0 Å². The molecule has 0 spiro atoms. The Morgan fingerprint density at radius 2 is 1.69 bits per heavy atom. The number of carbonyl (C=O) groups is 2. The Balaban J connectivity index is 2.67. The van der Waals surface area contributed by atoms with Crippen LogP contribution in [0, 0.1) is 6.92 Å². The summed E-state index contributed by atoms with van der Waals surface area (Å²) in [5.41, 5.74) is 1.87. The maximum atomic E-state index is 12.1. The fourth-order valence-electron chi connectivity index (χ4n) is 1.97. The molecule has 16 heavy (non-hydrogen) atoms. The Labute approximate surface area is 94.5 Å². The largest absolute Gasteiger partial charge is 0.324 e. The highest BCUT2D eigenvalue weighted by molar-refractivity contribution is 6.09. The minimum absolute atomic E-state index is 0.0919. The van der Waals surface area contributed by atoms with Crippen molar-refractivity contribution >= 4 is 11.8 Å². The molecule has 0 fully saturated rings. The molecule has 1 aromatic rings. The van der Waals surface area contributed by atoms with Crippen molar-refractivity contribution in [3.63, 3.8) is 0 Å². The number of amides is 2. The molecule has 0 atom stereocenters. The molecule has 1 aromatic carbocycles. The third-order valence-corrected chi connectivity index (χ3v) is 2.83. The molecule has 4 nitrogen and oxygen atoms in total. The number of fused-ring (bicyclic) bond motifs is 1. The average molecular weight is 218 g/mol. The van der Waals surface area contributed by atoms with Gasteiger partial charge in [-0.15, -0.1) is 0 Å². The van der Waals surface area contributed by atoms with Gasteiger partial charge in [0.15, 0.2) is 0 Å². The monoisotopic (exact) mass is 218 g/mol. The number of benzene rings is 1. The Morgan fingerprint density at radius 3 is 2.38 bits per heavy atom. The molecule has 2 amide bonds. The van der Waals surface area contributed by atoms with Crippen LogP contribution in [0.4, 0.5) is 0 Å². The summed E-state index contributed by atoms with van der Waals surface area (Å²) in [6, 6.07) is 5.36. The van der Waals surface area contributed by atoms with Crippen molar-refractivity contribution in [1.82, 2.24) is 9.80 Å². The molecule has 1 heterocycles. The molecule has 1 aliphatic heterocycles. The fourth-order valence-corrected chi connectivity index (χ4v) is 1.97. The number of aryl methyl sites for hydroxylation is 1. The smallest absolute Gasteiger partial charge is 0.256 e. The molecule has 0 aromatic heterocycles. The van der Waals surface area contributed by atoms with Gasteiger partial charge in [-0.2, -0.15) is 0 Å². The van der Waals surface area contributed by atoms with Crippen molar-refractivity contribution in [2.24, 2.45) is 0 Å². The SMILES string of the molecule is Cc1cccc2c1C(=O)N(C)CN(C)C2=O. The minimum atomic E-state index is -0.101. The molecule has 0 saturated heterocycles. The van der Waals surface area contributed by atoms with E-state index in [0.717, 1.165) is 5.56 Å². The lowest BCUT2D eigenvalue weighted by Crippen LogP contribution is -2.36. The van der Waals surface area contributed by atoms with E-state index in [1.54, 1.807) is 36.0 Å². The second-order valence-corrected chi connectivity index (χ2v) is 4.15. The quantitative estimate of drug-likeness (QED) is 0.654. The van der Waals surface area contributed by atoms with Crippen molar-refractivity contribution in [2.75, 3.05) is 20.8 Å². The van der Waals surface area contributed by atoms with E-state index >= 15 is 0 Å².